The van der Waals surface area contributed by atoms with Crippen molar-refractivity contribution >= 4 is 11.6 Å². The number of halogens is 1. The third kappa shape index (κ3) is 5.27. The topological polar surface area (TPSA) is 30.9 Å². The zero-order valence-corrected chi connectivity index (χ0v) is 18.0. The molecule has 1 aliphatic carbocycles. The SMILES string of the molecule is C=CC(Cl)[C@H](CC)OC[C@@H](OCCC)C1CCC(N2CC3(COC3)C2)CC1. The number of likely N-dealkylation sites (tertiary alicyclic amines) is 1. The number of ether oxygens (including phenoxy) is 3. The molecule has 156 valence electrons. The van der Waals surface area contributed by atoms with E-state index in [4.69, 9.17) is 25.8 Å². The Bertz CT molecular complexity index is 454. The van der Waals surface area contributed by atoms with Crippen molar-refractivity contribution in [3.8, 4) is 0 Å². The Morgan fingerprint density at radius 1 is 1.19 bits per heavy atom. The minimum Gasteiger partial charge on any atom is -0.380 e. The third-order valence-electron chi connectivity index (χ3n) is 6.67. The summed E-state index contributed by atoms with van der Waals surface area (Å²) in [7, 11) is 0. The molecule has 0 aromatic rings. The van der Waals surface area contributed by atoms with Crippen LogP contribution in [0.25, 0.3) is 0 Å². The molecule has 2 heterocycles. The van der Waals surface area contributed by atoms with Crippen molar-refractivity contribution in [2.24, 2.45) is 11.3 Å². The summed E-state index contributed by atoms with van der Waals surface area (Å²) in [5.41, 5.74) is 0.524. The smallest absolute Gasteiger partial charge is 0.0836 e. The predicted molar refractivity (Wildman–Crippen MR) is 110 cm³/mol. The van der Waals surface area contributed by atoms with Gasteiger partial charge in [-0.2, -0.15) is 0 Å². The molecule has 0 radical (unpaired) electrons. The van der Waals surface area contributed by atoms with Crippen LogP contribution >= 0.6 is 11.6 Å². The van der Waals surface area contributed by atoms with E-state index in [1.807, 2.05) is 0 Å². The van der Waals surface area contributed by atoms with Crippen LogP contribution in [0.15, 0.2) is 12.7 Å². The van der Waals surface area contributed by atoms with Gasteiger partial charge in [-0.05, 0) is 44.4 Å². The van der Waals surface area contributed by atoms with Crippen molar-refractivity contribution in [3.05, 3.63) is 12.7 Å². The van der Waals surface area contributed by atoms with Gasteiger partial charge in [0.1, 0.15) is 0 Å². The van der Waals surface area contributed by atoms with Crippen LogP contribution < -0.4 is 0 Å². The molecule has 0 amide bonds. The lowest BCUT2D eigenvalue weighted by Gasteiger charge is -2.58. The second kappa shape index (κ2) is 10.1. The molecule has 3 atom stereocenters. The first kappa shape index (κ1) is 21.6. The highest BCUT2D eigenvalue weighted by molar-refractivity contribution is 6.22. The maximum Gasteiger partial charge on any atom is 0.0836 e. The molecule has 4 nitrogen and oxygen atoms in total. The summed E-state index contributed by atoms with van der Waals surface area (Å²) in [6, 6.07) is 0.761. The minimum absolute atomic E-state index is 0.0233. The summed E-state index contributed by atoms with van der Waals surface area (Å²) < 4.78 is 17.8. The molecule has 2 aliphatic heterocycles. The van der Waals surface area contributed by atoms with Gasteiger partial charge in [0.25, 0.3) is 0 Å². The zero-order valence-electron chi connectivity index (χ0n) is 17.2. The van der Waals surface area contributed by atoms with Gasteiger partial charge in [0.2, 0.25) is 0 Å². The Labute approximate surface area is 170 Å². The monoisotopic (exact) mass is 399 g/mol. The highest BCUT2D eigenvalue weighted by Gasteiger charge is 2.51. The molecule has 1 unspecified atom stereocenters. The molecular formula is C22H38ClNO3. The van der Waals surface area contributed by atoms with Gasteiger partial charge in [-0.3, -0.25) is 4.90 Å². The molecule has 0 aromatic carbocycles. The van der Waals surface area contributed by atoms with Crippen molar-refractivity contribution in [2.75, 3.05) is 39.5 Å². The lowest BCUT2D eigenvalue weighted by molar-refractivity contribution is -0.201. The highest BCUT2D eigenvalue weighted by atomic mass is 35.5. The summed E-state index contributed by atoms with van der Waals surface area (Å²) in [6.45, 7) is 14.0. The molecule has 0 aromatic heterocycles. The number of nitrogens with zero attached hydrogens (tertiary/aromatic N) is 1. The Kier molecular flexibility index (Phi) is 8.04. The molecule has 3 fully saturated rings. The predicted octanol–water partition coefficient (Wildman–Crippen LogP) is 4.26. The van der Waals surface area contributed by atoms with E-state index < -0.39 is 0 Å². The minimum atomic E-state index is -0.133. The fourth-order valence-corrected chi connectivity index (χ4v) is 5.13. The summed E-state index contributed by atoms with van der Waals surface area (Å²) >= 11 is 6.32. The van der Waals surface area contributed by atoms with Crippen molar-refractivity contribution in [1.29, 1.82) is 0 Å². The average Bonchev–Trinajstić information content (AvgIpc) is 2.62. The summed E-state index contributed by atoms with van der Waals surface area (Å²) in [5.74, 6) is 0.602. The fraction of sp³-hybridized carbons (Fsp3) is 0.909. The van der Waals surface area contributed by atoms with Gasteiger partial charge in [0.15, 0.2) is 0 Å². The van der Waals surface area contributed by atoms with Crippen LogP contribution in [0, 0.1) is 11.3 Å². The molecule has 3 rings (SSSR count). The van der Waals surface area contributed by atoms with E-state index in [-0.39, 0.29) is 17.6 Å². The standard InChI is InChI=1S/C22H38ClNO3/c1-4-11-26-21(12-27-20(6-3)19(23)5-2)17-7-9-18(10-8-17)24-13-22(14-24)15-25-16-22/h5,17-21H,2,4,6-16H2,1,3H3/t17?,18?,19?,20-,21+/m0/s1. The van der Waals surface area contributed by atoms with Crippen LogP contribution in [0.5, 0.6) is 0 Å². The first-order chi connectivity index (χ1) is 13.1. The average molecular weight is 400 g/mol. The van der Waals surface area contributed by atoms with Crippen molar-refractivity contribution < 1.29 is 14.2 Å². The largest absolute Gasteiger partial charge is 0.380 e. The second-order valence-electron chi connectivity index (χ2n) is 8.84. The Morgan fingerprint density at radius 2 is 1.89 bits per heavy atom. The van der Waals surface area contributed by atoms with Gasteiger partial charge in [0.05, 0.1) is 37.4 Å². The summed E-state index contributed by atoms with van der Waals surface area (Å²) in [6.07, 6.45) is 8.99. The highest BCUT2D eigenvalue weighted by Crippen LogP contribution is 2.42. The Balaban J connectivity index is 1.45. The lowest BCUT2D eigenvalue weighted by Crippen LogP contribution is -2.68. The van der Waals surface area contributed by atoms with E-state index in [0.29, 0.717) is 17.9 Å². The van der Waals surface area contributed by atoms with Gasteiger partial charge in [0, 0.05) is 31.2 Å². The zero-order chi connectivity index (χ0) is 19.3. The molecule has 27 heavy (non-hydrogen) atoms. The second-order valence-corrected chi connectivity index (χ2v) is 9.34. The molecule has 1 saturated carbocycles. The number of rotatable bonds is 11. The Morgan fingerprint density at radius 3 is 2.41 bits per heavy atom. The van der Waals surface area contributed by atoms with Crippen LogP contribution in [0.4, 0.5) is 0 Å². The maximum absolute atomic E-state index is 6.32. The van der Waals surface area contributed by atoms with Gasteiger partial charge < -0.3 is 14.2 Å². The van der Waals surface area contributed by atoms with E-state index in [0.717, 1.165) is 38.7 Å². The molecule has 1 spiro atoms. The molecule has 3 aliphatic rings. The van der Waals surface area contributed by atoms with E-state index in [1.165, 1.54) is 38.8 Å². The van der Waals surface area contributed by atoms with Crippen LogP contribution in [0.3, 0.4) is 0 Å². The first-order valence-corrected chi connectivity index (χ1v) is 11.4. The van der Waals surface area contributed by atoms with Gasteiger partial charge in [-0.1, -0.05) is 19.9 Å². The maximum atomic E-state index is 6.32. The van der Waals surface area contributed by atoms with Crippen LogP contribution in [0.1, 0.15) is 52.4 Å². The number of alkyl halides is 1. The van der Waals surface area contributed by atoms with Gasteiger partial charge in [-0.25, -0.2) is 0 Å². The number of hydrogen-bond donors (Lipinski definition) is 0. The number of hydrogen-bond acceptors (Lipinski definition) is 4. The summed E-state index contributed by atoms with van der Waals surface area (Å²) in [4.78, 5) is 2.69. The van der Waals surface area contributed by atoms with Crippen molar-refractivity contribution in [2.45, 2.75) is 76.0 Å². The molecular weight excluding hydrogens is 362 g/mol. The van der Waals surface area contributed by atoms with Crippen molar-refractivity contribution in [1.82, 2.24) is 4.90 Å². The van der Waals surface area contributed by atoms with Crippen LogP contribution in [-0.4, -0.2) is 68.0 Å². The molecule has 2 saturated heterocycles. The lowest BCUT2D eigenvalue weighted by atomic mass is 9.74. The quantitative estimate of drug-likeness (QED) is 0.383. The van der Waals surface area contributed by atoms with E-state index in [1.54, 1.807) is 6.08 Å². The molecule has 5 heteroatoms. The van der Waals surface area contributed by atoms with Crippen LogP contribution in [-0.2, 0) is 14.2 Å². The molecule has 0 bridgehead atoms. The first-order valence-electron chi connectivity index (χ1n) is 10.9. The fourth-order valence-electron chi connectivity index (χ4n) is 4.88. The summed E-state index contributed by atoms with van der Waals surface area (Å²) in [5, 5.41) is -0.133. The van der Waals surface area contributed by atoms with Crippen LogP contribution in [0.2, 0.25) is 0 Å². The van der Waals surface area contributed by atoms with Crippen molar-refractivity contribution in [3.63, 3.8) is 0 Å². The Hall–Kier alpha value is -0.130. The van der Waals surface area contributed by atoms with E-state index in [9.17, 15) is 0 Å². The van der Waals surface area contributed by atoms with E-state index >= 15 is 0 Å². The third-order valence-corrected chi connectivity index (χ3v) is 7.13. The van der Waals surface area contributed by atoms with Gasteiger partial charge in [-0.15, -0.1) is 18.2 Å². The van der Waals surface area contributed by atoms with Gasteiger partial charge >= 0.3 is 0 Å². The normalized spacial score (nSPS) is 30.9. The van der Waals surface area contributed by atoms with E-state index in [2.05, 4.69) is 25.3 Å². The molecule has 0 N–H and O–H groups in total.